The van der Waals surface area contributed by atoms with Crippen LogP contribution in [0.1, 0.15) is 13.8 Å². The molecule has 0 aliphatic rings. The fourth-order valence-electron chi connectivity index (χ4n) is 2.59. The van der Waals surface area contributed by atoms with Crippen LogP contribution in [0.3, 0.4) is 0 Å². The van der Waals surface area contributed by atoms with Crippen molar-refractivity contribution in [1.82, 2.24) is 4.90 Å². The molecular formula is C19H17FINO2S. The quantitative estimate of drug-likeness (QED) is 0.429. The highest BCUT2D eigenvalue weighted by Gasteiger charge is 2.19. The van der Waals surface area contributed by atoms with Gasteiger partial charge in [0.15, 0.2) is 0 Å². The van der Waals surface area contributed by atoms with Crippen LogP contribution in [0.25, 0.3) is 20.5 Å². The Hall–Kier alpha value is -1.67. The lowest BCUT2D eigenvalue weighted by Crippen LogP contribution is -2.33. The maximum Gasteiger partial charge on any atom is 0.415 e. The Bertz CT molecular complexity index is 904. The summed E-state index contributed by atoms with van der Waals surface area (Å²) in [6.45, 7) is 5.05. The van der Waals surface area contributed by atoms with Crippen LogP contribution in [0.2, 0.25) is 0 Å². The maximum absolute atomic E-state index is 13.2. The van der Waals surface area contributed by atoms with Gasteiger partial charge < -0.3 is 9.64 Å². The number of carbonyl (C=O) groups is 1. The van der Waals surface area contributed by atoms with Crippen LogP contribution in [0.15, 0.2) is 42.5 Å². The molecule has 25 heavy (non-hydrogen) atoms. The van der Waals surface area contributed by atoms with Gasteiger partial charge in [0, 0.05) is 31.6 Å². The van der Waals surface area contributed by atoms with E-state index in [0.717, 1.165) is 24.1 Å². The lowest BCUT2D eigenvalue weighted by Gasteiger charge is -2.18. The molecule has 1 aromatic heterocycles. The normalized spacial score (nSPS) is 10.9. The Morgan fingerprint density at radius 2 is 1.84 bits per heavy atom. The topological polar surface area (TPSA) is 29.5 Å². The number of amides is 1. The summed E-state index contributed by atoms with van der Waals surface area (Å²) in [5.74, 6) is 0.303. The summed E-state index contributed by atoms with van der Waals surface area (Å²) < 4.78 is 20.9. The maximum atomic E-state index is 13.2. The Balaban J connectivity index is 2.04. The zero-order valence-electron chi connectivity index (χ0n) is 13.9. The molecule has 0 bridgehead atoms. The summed E-state index contributed by atoms with van der Waals surface area (Å²) >= 11 is 3.88. The molecule has 1 amide bonds. The van der Waals surface area contributed by atoms with Crippen molar-refractivity contribution in [3.8, 4) is 16.2 Å². The van der Waals surface area contributed by atoms with Gasteiger partial charge in [-0.05, 0) is 66.3 Å². The number of rotatable bonds is 4. The molecular weight excluding hydrogens is 452 g/mol. The monoisotopic (exact) mass is 469 g/mol. The Labute approximate surface area is 163 Å². The zero-order chi connectivity index (χ0) is 18.0. The standard InChI is InChI=1S/C19H17FINO2S/c1-3-22(4-2)19(23)24-14-6-5-7-15-16(14)17(21)18(25-15)12-8-10-13(20)11-9-12/h5-11H,3-4H2,1-2H3. The number of nitrogens with zero attached hydrogens (tertiary/aromatic N) is 1. The van der Waals surface area contributed by atoms with Gasteiger partial charge in [-0.3, -0.25) is 0 Å². The molecule has 0 N–H and O–H groups in total. The Kier molecular flexibility index (Phi) is 5.58. The number of ether oxygens (including phenoxy) is 1. The first-order chi connectivity index (χ1) is 12.0. The second-order valence-electron chi connectivity index (χ2n) is 5.42. The molecule has 0 aliphatic heterocycles. The van der Waals surface area contributed by atoms with Gasteiger partial charge in [-0.1, -0.05) is 18.2 Å². The molecule has 0 unspecified atom stereocenters. The van der Waals surface area contributed by atoms with Crippen molar-refractivity contribution in [3.05, 3.63) is 51.9 Å². The van der Waals surface area contributed by atoms with Gasteiger partial charge in [-0.15, -0.1) is 11.3 Å². The number of hydrogen-bond acceptors (Lipinski definition) is 3. The number of hydrogen-bond donors (Lipinski definition) is 0. The summed E-state index contributed by atoms with van der Waals surface area (Å²) in [6.07, 6.45) is -0.345. The molecule has 0 fully saturated rings. The number of thiophene rings is 1. The van der Waals surface area contributed by atoms with Gasteiger partial charge in [0.25, 0.3) is 0 Å². The van der Waals surface area contributed by atoms with Gasteiger partial charge in [0.05, 0.1) is 0 Å². The van der Waals surface area contributed by atoms with Crippen LogP contribution in [0.5, 0.6) is 5.75 Å². The highest BCUT2D eigenvalue weighted by atomic mass is 127. The third kappa shape index (κ3) is 3.64. The van der Waals surface area contributed by atoms with E-state index in [9.17, 15) is 9.18 Å². The minimum Gasteiger partial charge on any atom is -0.409 e. The third-order valence-corrected chi connectivity index (χ3v) is 6.59. The van der Waals surface area contributed by atoms with E-state index in [-0.39, 0.29) is 11.9 Å². The minimum atomic E-state index is -0.345. The van der Waals surface area contributed by atoms with E-state index < -0.39 is 0 Å². The Morgan fingerprint density at radius 3 is 2.48 bits per heavy atom. The van der Waals surface area contributed by atoms with Gasteiger partial charge in [0.2, 0.25) is 0 Å². The Morgan fingerprint density at radius 1 is 1.16 bits per heavy atom. The average molecular weight is 469 g/mol. The van der Waals surface area contributed by atoms with Crippen molar-refractivity contribution in [3.63, 3.8) is 0 Å². The van der Waals surface area contributed by atoms with Crippen LogP contribution in [0, 0.1) is 9.39 Å². The molecule has 0 saturated carbocycles. The summed E-state index contributed by atoms with van der Waals surface area (Å²) in [5, 5.41) is 0.924. The van der Waals surface area contributed by atoms with E-state index >= 15 is 0 Å². The fourth-order valence-corrected chi connectivity index (χ4v) is 5.09. The van der Waals surface area contributed by atoms with Crippen molar-refractivity contribution in [1.29, 1.82) is 0 Å². The average Bonchev–Trinajstić information content (AvgIpc) is 2.94. The lowest BCUT2D eigenvalue weighted by molar-refractivity contribution is 0.158. The number of halogens is 2. The van der Waals surface area contributed by atoms with Crippen LogP contribution in [-0.4, -0.2) is 24.1 Å². The smallest absolute Gasteiger partial charge is 0.409 e. The molecule has 3 nitrogen and oxygen atoms in total. The molecule has 0 spiro atoms. The molecule has 3 rings (SSSR count). The number of fused-ring (bicyclic) bond motifs is 1. The summed E-state index contributed by atoms with van der Waals surface area (Å²) in [6, 6.07) is 12.1. The van der Waals surface area contributed by atoms with Crippen LogP contribution in [-0.2, 0) is 0 Å². The van der Waals surface area contributed by atoms with Gasteiger partial charge in [0.1, 0.15) is 11.6 Å². The van der Waals surface area contributed by atoms with E-state index in [0.29, 0.717) is 18.8 Å². The first-order valence-electron chi connectivity index (χ1n) is 7.98. The first-order valence-corrected chi connectivity index (χ1v) is 9.88. The molecule has 2 aromatic carbocycles. The van der Waals surface area contributed by atoms with E-state index in [1.54, 1.807) is 28.4 Å². The second kappa shape index (κ2) is 7.70. The summed E-state index contributed by atoms with van der Waals surface area (Å²) in [5.41, 5.74) is 0.952. The van der Waals surface area contributed by atoms with Crippen molar-refractivity contribution >= 4 is 50.1 Å². The lowest BCUT2D eigenvalue weighted by atomic mass is 10.1. The molecule has 0 atom stereocenters. The van der Waals surface area contributed by atoms with Crippen molar-refractivity contribution < 1.29 is 13.9 Å². The molecule has 0 aliphatic carbocycles. The predicted molar refractivity (Wildman–Crippen MR) is 109 cm³/mol. The SMILES string of the molecule is CCN(CC)C(=O)Oc1cccc2sc(-c3ccc(F)cc3)c(I)c12. The summed E-state index contributed by atoms with van der Waals surface area (Å²) in [7, 11) is 0. The highest BCUT2D eigenvalue weighted by Crippen LogP contribution is 2.43. The molecule has 1 heterocycles. The molecule has 0 saturated heterocycles. The van der Waals surface area contributed by atoms with Crippen LogP contribution in [0.4, 0.5) is 9.18 Å². The second-order valence-corrected chi connectivity index (χ2v) is 7.55. The van der Waals surface area contributed by atoms with E-state index in [1.165, 1.54) is 12.1 Å². The largest absolute Gasteiger partial charge is 0.415 e. The van der Waals surface area contributed by atoms with Gasteiger partial charge >= 0.3 is 6.09 Å². The van der Waals surface area contributed by atoms with Crippen molar-refractivity contribution in [2.24, 2.45) is 0 Å². The highest BCUT2D eigenvalue weighted by molar-refractivity contribution is 14.1. The molecule has 0 radical (unpaired) electrons. The van der Waals surface area contributed by atoms with Crippen LogP contribution >= 0.6 is 33.9 Å². The number of benzene rings is 2. The van der Waals surface area contributed by atoms with Crippen LogP contribution < -0.4 is 4.74 Å². The zero-order valence-corrected chi connectivity index (χ0v) is 16.9. The molecule has 130 valence electrons. The van der Waals surface area contributed by atoms with E-state index in [1.807, 2.05) is 32.0 Å². The molecule has 3 aromatic rings. The third-order valence-electron chi connectivity index (χ3n) is 3.94. The van der Waals surface area contributed by atoms with Gasteiger partial charge in [-0.25, -0.2) is 9.18 Å². The molecule has 6 heteroatoms. The fraction of sp³-hybridized carbons (Fsp3) is 0.211. The van der Waals surface area contributed by atoms with E-state index in [4.69, 9.17) is 4.74 Å². The van der Waals surface area contributed by atoms with E-state index in [2.05, 4.69) is 22.6 Å². The van der Waals surface area contributed by atoms with Crippen molar-refractivity contribution in [2.45, 2.75) is 13.8 Å². The minimum absolute atomic E-state index is 0.256. The first kappa shape index (κ1) is 18.1. The predicted octanol–water partition coefficient (Wildman–Crippen LogP) is 6.15. The van der Waals surface area contributed by atoms with Gasteiger partial charge in [-0.2, -0.15) is 0 Å². The number of carbonyl (C=O) groups excluding carboxylic acids is 1. The van der Waals surface area contributed by atoms with Crippen molar-refractivity contribution in [2.75, 3.05) is 13.1 Å². The summed E-state index contributed by atoms with van der Waals surface area (Å²) in [4.78, 5) is 15.0.